The van der Waals surface area contributed by atoms with E-state index in [4.69, 9.17) is 24.1 Å². The number of rotatable bonds is 2. The molecule has 0 spiro atoms. The zero-order valence-electron chi connectivity index (χ0n) is 8.80. The lowest BCUT2D eigenvalue weighted by Crippen LogP contribution is -2.35. The molecule has 2 rings (SSSR count). The molecule has 1 unspecified atom stereocenters. The number of carbonyl (C=O) groups is 1. The van der Waals surface area contributed by atoms with Gasteiger partial charge in [0.15, 0.2) is 18.2 Å². The van der Waals surface area contributed by atoms with Crippen LogP contribution in [0.2, 0.25) is 0 Å². The van der Waals surface area contributed by atoms with Crippen molar-refractivity contribution in [3.63, 3.8) is 0 Å². The number of aliphatic carboxylic acids is 1. The van der Waals surface area contributed by atoms with E-state index in [9.17, 15) is 4.79 Å². The largest absolute Gasteiger partial charge is 0.479 e. The average Bonchev–Trinajstić information content (AvgIpc) is 2.57. The van der Waals surface area contributed by atoms with E-state index in [0.717, 1.165) is 0 Å². The first-order valence-electron chi connectivity index (χ1n) is 4.71. The van der Waals surface area contributed by atoms with Gasteiger partial charge in [-0.15, -0.1) is 0 Å². The van der Waals surface area contributed by atoms with E-state index in [1.807, 2.05) is 0 Å². The minimum atomic E-state index is -1.06. The van der Waals surface area contributed by atoms with Crippen LogP contribution in [0.15, 0.2) is 0 Å². The predicted octanol–water partition coefficient (Wildman–Crippen LogP) is -0.0376. The van der Waals surface area contributed by atoms with Gasteiger partial charge in [-0.25, -0.2) is 4.79 Å². The van der Waals surface area contributed by atoms with E-state index in [1.165, 1.54) is 7.11 Å². The third kappa shape index (κ3) is 1.74. The van der Waals surface area contributed by atoms with Crippen LogP contribution >= 0.6 is 0 Å². The summed E-state index contributed by atoms with van der Waals surface area (Å²) in [5.41, 5.74) is 0. The summed E-state index contributed by atoms with van der Waals surface area (Å²) in [5, 5.41) is 8.93. The van der Waals surface area contributed by atoms with Crippen molar-refractivity contribution in [3.05, 3.63) is 0 Å². The molecule has 4 atom stereocenters. The van der Waals surface area contributed by atoms with Crippen molar-refractivity contribution in [2.45, 2.75) is 44.2 Å². The molecule has 2 aliphatic rings. The summed E-state index contributed by atoms with van der Waals surface area (Å²) in [6.45, 7) is 3.47. The van der Waals surface area contributed by atoms with Crippen molar-refractivity contribution < 1.29 is 28.8 Å². The molecule has 15 heavy (non-hydrogen) atoms. The van der Waals surface area contributed by atoms with Gasteiger partial charge in [0.2, 0.25) is 0 Å². The Labute approximate surface area is 87.1 Å². The van der Waals surface area contributed by atoms with E-state index >= 15 is 0 Å². The molecule has 0 saturated carbocycles. The van der Waals surface area contributed by atoms with Crippen LogP contribution in [0, 0.1) is 0 Å². The molecular weight excluding hydrogens is 204 g/mol. The van der Waals surface area contributed by atoms with Crippen molar-refractivity contribution in [1.29, 1.82) is 0 Å². The smallest absolute Gasteiger partial charge is 0.335 e. The van der Waals surface area contributed by atoms with Crippen molar-refractivity contribution in [2.75, 3.05) is 7.11 Å². The molecule has 2 aliphatic heterocycles. The van der Waals surface area contributed by atoms with Gasteiger partial charge < -0.3 is 24.1 Å². The van der Waals surface area contributed by atoms with Crippen LogP contribution in [0.4, 0.5) is 0 Å². The Morgan fingerprint density at radius 1 is 1.33 bits per heavy atom. The monoisotopic (exact) mass is 218 g/mol. The zero-order valence-corrected chi connectivity index (χ0v) is 8.80. The van der Waals surface area contributed by atoms with Gasteiger partial charge in [-0.05, 0) is 13.8 Å². The third-order valence-electron chi connectivity index (χ3n) is 2.49. The Kier molecular flexibility index (Phi) is 2.46. The van der Waals surface area contributed by atoms with E-state index < -0.39 is 36.4 Å². The predicted molar refractivity (Wildman–Crippen MR) is 47.1 cm³/mol. The second-order valence-electron chi connectivity index (χ2n) is 4.06. The van der Waals surface area contributed by atoms with Gasteiger partial charge in [0.25, 0.3) is 0 Å². The highest BCUT2D eigenvalue weighted by Gasteiger charge is 2.57. The van der Waals surface area contributed by atoms with Crippen LogP contribution in [-0.2, 0) is 23.7 Å². The zero-order chi connectivity index (χ0) is 11.2. The summed E-state index contributed by atoms with van der Waals surface area (Å²) in [6, 6.07) is 0. The number of methoxy groups -OCH3 is 1. The molecule has 0 aromatic carbocycles. The summed E-state index contributed by atoms with van der Waals surface area (Å²) in [4.78, 5) is 10.9. The average molecular weight is 218 g/mol. The molecule has 2 heterocycles. The summed E-state index contributed by atoms with van der Waals surface area (Å²) in [5.74, 6) is -1.85. The molecule has 2 fully saturated rings. The summed E-state index contributed by atoms with van der Waals surface area (Å²) in [6.07, 6.45) is -2.80. The fourth-order valence-electron chi connectivity index (χ4n) is 1.95. The lowest BCUT2D eigenvalue weighted by Gasteiger charge is -2.22. The van der Waals surface area contributed by atoms with E-state index in [-0.39, 0.29) is 0 Å². The van der Waals surface area contributed by atoms with Crippen molar-refractivity contribution in [2.24, 2.45) is 0 Å². The molecule has 0 aromatic heterocycles. The number of fused-ring (bicyclic) bond motifs is 1. The van der Waals surface area contributed by atoms with E-state index in [1.54, 1.807) is 13.8 Å². The highest BCUT2D eigenvalue weighted by atomic mass is 16.8. The Hall–Kier alpha value is -0.690. The van der Waals surface area contributed by atoms with E-state index in [2.05, 4.69) is 0 Å². The summed E-state index contributed by atoms with van der Waals surface area (Å²) >= 11 is 0. The van der Waals surface area contributed by atoms with Crippen LogP contribution in [0.1, 0.15) is 13.8 Å². The minimum Gasteiger partial charge on any atom is -0.479 e. The first-order chi connectivity index (χ1) is 6.94. The number of carboxylic acid groups (broad SMARTS) is 1. The van der Waals surface area contributed by atoms with Crippen LogP contribution < -0.4 is 0 Å². The Morgan fingerprint density at radius 2 is 1.93 bits per heavy atom. The highest BCUT2D eigenvalue weighted by molar-refractivity contribution is 5.73. The van der Waals surface area contributed by atoms with Gasteiger partial charge in [0.05, 0.1) is 0 Å². The lowest BCUT2D eigenvalue weighted by atomic mass is 10.1. The minimum absolute atomic E-state index is 0.480. The Morgan fingerprint density at radius 3 is 2.47 bits per heavy atom. The standard InChI is InChI=1S/C9H14O6/c1-9(2)14-4-5(7(10)11)13-8(12-3)6(4)15-9/h4-6,8H,1-3H3,(H,10,11)/t4-,5+,6?,8-/m1/s1. The second kappa shape index (κ2) is 3.41. The van der Waals surface area contributed by atoms with Gasteiger partial charge in [0.1, 0.15) is 12.2 Å². The second-order valence-corrected chi connectivity index (χ2v) is 4.06. The topological polar surface area (TPSA) is 74.2 Å². The van der Waals surface area contributed by atoms with Gasteiger partial charge in [-0.3, -0.25) is 0 Å². The Balaban J connectivity index is 2.19. The fourth-order valence-corrected chi connectivity index (χ4v) is 1.95. The molecule has 2 saturated heterocycles. The quantitative estimate of drug-likeness (QED) is 0.701. The van der Waals surface area contributed by atoms with Gasteiger partial charge in [-0.1, -0.05) is 0 Å². The van der Waals surface area contributed by atoms with Crippen LogP contribution in [0.5, 0.6) is 0 Å². The van der Waals surface area contributed by atoms with Crippen LogP contribution in [0.3, 0.4) is 0 Å². The molecule has 6 heteroatoms. The Bertz CT molecular complexity index is 276. The lowest BCUT2D eigenvalue weighted by molar-refractivity contribution is -0.229. The molecule has 0 radical (unpaired) electrons. The van der Waals surface area contributed by atoms with Crippen LogP contribution in [0.25, 0.3) is 0 Å². The molecule has 0 aliphatic carbocycles. The maximum atomic E-state index is 10.9. The number of hydrogen-bond acceptors (Lipinski definition) is 5. The SMILES string of the molecule is CO[C@@H]1O[C@H](C(=O)O)[C@H]2OC(C)(C)OC12. The fraction of sp³-hybridized carbons (Fsp3) is 0.889. The molecular formula is C9H14O6. The number of ether oxygens (including phenoxy) is 4. The first-order valence-corrected chi connectivity index (χ1v) is 4.71. The summed E-state index contributed by atoms with van der Waals surface area (Å²) in [7, 11) is 1.45. The van der Waals surface area contributed by atoms with Gasteiger partial charge >= 0.3 is 5.97 Å². The van der Waals surface area contributed by atoms with Crippen molar-refractivity contribution >= 4 is 5.97 Å². The number of carboxylic acids is 1. The van der Waals surface area contributed by atoms with Crippen molar-refractivity contribution in [3.8, 4) is 0 Å². The van der Waals surface area contributed by atoms with Crippen molar-refractivity contribution in [1.82, 2.24) is 0 Å². The molecule has 0 amide bonds. The number of hydrogen-bond donors (Lipinski definition) is 1. The maximum Gasteiger partial charge on any atom is 0.335 e. The third-order valence-corrected chi connectivity index (χ3v) is 2.49. The highest BCUT2D eigenvalue weighted by Crippen LogP contribution is 2.38. The van der Waals surface area contributed by atoms with Gasteiger partial charge in [-0.2, -0.15) is 0 Å². The normalized spacial score (nSPS) is 42.9. The first kappa shape index (κ1) is 10.8. The van der Waals surface area contributed by atoms with Gasteiger partial charge in [0, 0.05) is 7.11 Å². The molecule has 0 aromatic rings. The molecule has 1 N–H and O–H groups in total. The summed E-state index contributed by atoms with van der Waals surface area (Å²) < 4.78 is 21.2. The van der Waals surface area contributed by atoms with E-state index in [0.29, 0.717) is 0 Å². The maximum absolute atomic E-state index is 10.9. The van der Waals surface area contributed by atoms with Crippen LogP contribution in [-0.4, -0.2) is 48.6 Å². The molecule has 0 bridgehead atoms. The molecule has 86 valence electrons. The molecule has 6 nitrogen and oxygen atoms in total.